The minimum absolute atomic E-state index is 0.0274. The molecule has 0 spiro atoms. The summed E-state index contributed by atoms with van der Waals surface area (Å²) in [5.74, 6) is -0.887. The molecule has 0 radical (unpaired) electrons. The van der Waals surface area contributed by atoms with Crippen molar-refractivity contribution in [2.45, 2.75) is 25.6 Å². The first-order valence-corrected chi connectivity index (χ1v) is 8.50. The van der Waals surface area contributed by atoms with Crippen LogP contribution < -0.4 is 5.32 Å². The fraction of sp³-hybridized carbons (Fsp3) is 0.300. The molecule has 0 saturated heterocycles. The maximum absolute atomic E-state index is 12.8. The Labute approximate surface area is 155 Å². The second-order valence-corrected chi connectivity index (χ2v) is 6.76. The molecule has 7 heteroatoms. The number of alkyl halides is 3. The van der Waals surface area contributed by atoms with E-state index in [1.165, 1.54) is 17.0 Å². The zero-order chi connectivity index (χ0) is 19.7. The average molecular weight is 376 g/mol. The van der Waals surface area contributed by atoms with Gasteiger partial charge in [-0.05, 0) is 36.6 Å². The van der Waals surface area contributed by atoms with E-state index >= 15 is 0 Å². The Morgan fingerprint density at radius 2 is 1.74 bits per heavy atom. The lowest BCUT2D eigenvalue weighted by atomic mass is 10.0. The number of nitrogens with zero attached hydrogens (tertiary/aromatic N) is 1. The molecule has 0 aliphatic heterocycles. The van der Waals surface area contributed by atoms with Crippen molar-refractivity contribution in [1.29, 1.82) is 0 Å². The molecule has 0 heterocycles. The van der Waals surface area contributed by atoms with Gasteiger partial charge in [0, 0.05) is 19.3 Å². The number of hydrogen-bond donors (Lipinski definition) is 1. The summed E-state index contributed by atoms with van der Waals surface area (Å²) in [6.07, 6.45) is -3.73. The van der Waals surface area contributed by atoms with Crippen LogP contribution in [0.2, 0.25) is 0 Å². The molecule has 3 rings (SSSR count). The van der Waals surface area contributed by atoms with Gasteiger partial charge in [-0.15, -0.1) is 0 Å². The molecule has 1 fully saturated rings. The predicted octanol–water partition coefficient (Wildman–Crippen LogP) is 4.08. The van der Waals surface area contributed by atoms with Gasteiger partial charge < -0.3 is 10.2 Å². The van der Waals surface area contributed by atoms with E-state index in [9.17, 15) is 22.8 Å². The molecular weight excluding hydrogens is 357 g/mol. The second kappa shape index (κ2) is 7.06. The molecule has 0 bridgehead atoms. The number of amides is 2. The first-order chi connectivity index (χ1) is 12.7. The van der Waals surface area contributed by atoms with Crippen LogP contribution in [0.3, 0.4) is 0 Å². The summed E-state index contributed by atoms with van der Waals surface area (Å²) in [7, 11) is 1.62. The number of rotatable bonds is 5. The van der Waals surface area contributed by atoms with Crippen molar-refractivity contribution < 1.29 is 22.8 Å². The van der Waals surface area contributed by atoms with E-state index in [2.05, 4.69) is 5.32 Å². The van der Waals surface area contributed by atoms with Crippen LogP contribution >= 0.6 is 0 Å². The Hall–Kier alpha value is -2.83. The fourth-order valence-electron chi connectivity index (χ4n) is 2.98. The summed E-state index contributed by atoms with van der Waals surface area (Å²) < 4.78 is 38.5. The largest absolute Gasteiger partial charge is 0.416 e. The number of carbonyl (C=O) groups excluding carboxylic acids is 2. The lowest BCUT2D eigenvalue weighted by Crippen LogP contribution is -2.40. The average Bonchev–Trinajstić information content (AvgIpc) is 3.43. The summed E-state index contributed by atoms with van der Waals surface area (Å²) in [5, 5.41) is 2.47. The van der Waals surface area contributed by atoms with Crippen molar-refractivity contribution in [3.63, 3.8) is 0 Å². The molecule has 0 aromatic heterocycles. The number of halogens is 3. The Balaban J connectivity index is 1.70. The van der Waals surface area contributed by atoms with Gasteiger partial charge in [0.05, 0.1) is 5.56 Å². The highest BCUT2D eigenvalue weighted by atomic mass is 19.4. The fourth-order valence-corrected chi connectivity index (χ4v) is 2.98. The lowest BCUT2D eigenvalue weighted by Gasteiger charge is -2.23. The minimum Gasteiger partial charge on any atom is -0.340 e. The van der Waals surface area contributed by atoms with Crippen LogP contribution in [-0.2, 0) is 22.3 Å². The third-order valence-corrected chi connectivity index (χ3v) is 4.65. The van der Waals surface area contributed by atoms with Crippen molar-refractivity contribution in [1.82, 2.24) is 4.90 Å². The van der Waals surface area contributed by atoms with Gasteiger partial charge in [0.15, 0.2) is 0 Å². The number of hydrogen-bond acceptors (Lipinski definition) is 2. The molecule has 2 amide bonds. The monoisotopic (exact) mass is 376 g/mol. The van der Waals surface area contributed by atoms with Crippen LogP contribution in [0.5, 0.6) is 0 Å². The van der Waals surface area contributed by atoms with Crippen LogP contribution in [0.25, 0.3) is 0 Å². The van der Waals surface area contributed by atoms with E-state index < -0.39 is 23.1 Å². The Morgan fingerprint density at radius 1 is 1.07 bits per heavy atom. The smallest absolute Gasteiger partial charge is 0.340 e. The van der Waals surface area contributed by atoms with Gasteiger partial charge in [-0.1, -0.05) is 36.4 Å². The van der Waals surface area contributed by atoms with E-state index in [0.717, 1.165) is 17.7 Å². The van der Waals surface area contributed by atoms with Crippen molar-refractivity contribution in [2.75, 3.05) is 12.4 Å². The molecule has 0 unspecified atom stereocenters. The lowest BCUT2D eigenvalue weighted by molar-refractivity contribution is -0.142. The maximum Gasteiger partial charge on any atom is 0.416 e. The van der Waals surface area contributed by atoms with E-state index in [0.29, 0.717) is 19.4 Å². The van der Waals surface area contributed by atoms with Crippen LogP contribution in [0.1, 0.15) is 24.0 Å². The van der Waals surface area contributed by atoms with Gasteiger partial charge in [0.25, 0.3) is 0 Å². The quantitative estimate of drug-likeness (QED) is 0.800. The topological polar surface area (TPSA) is 49.4 Å². The van der Waals surface area contributed by atoms with E-state index in [4.69, 9.17) is 0 Å². The number of nitrogens with one attached hydrogen (secondary N) is 1. The highest BCUT2D eigenvalue weighted by Gasteiger charge is 2.57. The SMILES string of the molecule is CN(Cc1ccccc1)C(=O)C1(C(=O)Nc2cccc(C(F)(F)F)c2)CC1. The van der Waals surface area contributed by atoms with Crippen molar-refractivity contribution in [3.05, 3.63) is 65.7 Å². The molecule has 2 aromatic carbocycles. The highest BCUT2D eigenvalue weighted by Crippen LogP contribution is 2.48. The van der Waals surface area contributed by atoms with E-state index in [1.807, 2.05) is 30.3 Å². The number of carbonyl (C=O) groups is 2. The number of benzene rings is 2. The molecule has 2 aromatic rings. The summed E-state index contributed by atoms with van der Waals surface area (Å²) in [6, 6.07) is 13.8. The molecule has 1 aliphatic carbocycles. The normalized spacial score (nSPS) is 15.1. The first kappa shape index (κ1) is 18.9. The molecule has 1 saturated carbocycles. The standard InChI is InChI=1S/C20H19F3N2O2/c1-25(13-14-6-3-2-4-7-14)18(27)19(10-11-19)17(26)24-16-9-5-8-15(12-16)20(21,22)23/h2-9,12H,10-11,13H2,1H3,(H,24,26). The number of anilines is 1. The molecule has 0 atom stereocenters. The van der Waals surface area contributed by atoms with Crippen LogP contribution in [0, 0.1) is 5.41 Å². The highest BCUT2D eigenvalue weighted by molar-refractivity contribution is 6.12. The zero-order valence-electron chi connectivity index (χ0n) is 14.7. The van der Waals surface area contributed by atoms with Crippen LogP contribution in [-0.4, -0.2) is 23.8 Å². The summed E-state index contributed by atoms with van der Waals surface area (Å²) >= 11 is 0. The van der Waals surface area contributed by atoms with Crippen LogP contribution in [0.15, 0.2) is 54.6 Å². The molecule has 27 heavy (non-hydrogen) atoms. The van der Waals surface area contributed by atoms with Crippen molar-refractivity contribution in [2.24, 2.45) is 5.41 Å². The molecule has 4 nitrogen and oxygen atoms in total. The molecule has 1 aliphatic rings. The van der Waals surface area contributed by atoms with Gasteiger partial charge >= 0.3 is 6.18 Å². The third-order valence-electron chi connectivity index (χ3n) is 4.65. The Bertz CT molecular complexity index is 846. The van der Waals surface area contributed by atoms with Gasteiger partial charge in [-0.3, -0.25) is 9.59 Å². The summed E-state index contributed by atoms with van der Waals surface area (Å²) in [5.41, 5.74) is -1.09. The molecular formula is C20H19F3N2O2. The summed E-state index contributed by atoms with van der Waals surface area (Å²) in [6.45, 7) is 0.359. The second-order valence-electron chi connectivity index (χ2n) is 6.76. The Morgan fingerprint density at radius 3 is 2.33 bits per heavy atom. The zero-order valence-corrected chi connectivity index (χ0v) is 14.7. The van der Waals surface area contributed by atoms with Gasteiger partial charge in [0.2, 0.25) is 11.8 Å². The van der Waals surface area contributed by atoms with Crippen molar-refractivity contribution in [3.8, 4) is 0 Å². The van der Waals surface area contributed by atoms with Gasteiger partial charge in [-0.2, -0.15) is 13.2 Å². The first-order valence-electron chi connectivity index (χ1n) is 8.50. The van der Waals surface area contributed by atoms with E-state index in [1.54, 1.807) is 7.05 Å². The molecule has 1 N–H and O–H groups in total. The van der Waals surface area contributed by atoms with Gasteiger partial charge in [0.1, 0.15) is 5.41 Å². The Kier molecular flexibility index (Phi) is 4.95. The predicted molar refractivity (Wildman–Crippen MR) is 94.7 cm³/mol. The van der Waals surface area contributed by atoms with Crippen LogP contribution in [0.4, 0.5) is 18.9 Å². The van der Waals surface area contributed by atoms with Crippen molar-refractivity contribution >= 4 is 17.5 Å². The third kappa shape index (κ3) is 4.13. The van der Waals surface area contributed by atoms with Gasteiger partial charge in [-0.25, -0.2) is 0 Å². The van der Waals surface area contributed by atoms with E-state index in [-0.39, 0.29) is 11.6 Å². The summed E-state index contributed by atoms with van der Waals surface area (Å²) in [4.78, 5) is 26.9. The maximum atomic E-state index is 12.8. The molecule has 142 valence electrons. The minimum atomic E-state index is -4.50.